The van der Waals surface area contributed by atoms with Crippen LogP contribution in [0.5, 0.6) is 5.75 Å². The van der Waals surface area contributed by atoms with Crippen LogP contribution in [-0.4, -0.2) is 5.78 Å². The van der Waals surface area contributed by atoms with Gasteiger partial charge in [0.15, 0.2) is 5.78 Å². The van der Waals surface area contributed by atoms with Gasteiger partial charge in [0.25, 0.3) is 0 Å². The third kappa shape index (κ3) is 3.67. The van der Waals surface area contributed by atoms with E-state index in [0.717, 1.165) is 0 Å². The van der Waals surface area contributed by atoms with Gasteiger partial charge in [0.1, 0.15) is 18.2 Å². The van der Waals surface area contributed by atoms with Crippen LogP contribution in [0.3, 0.4) is 0 Å². The fourth-order valence-corrected chi connectivity index (χ4v) is 1.86. The van der Waals surface area contributed by atoms with E-state index < -0.39 is 5.82 Å². The van der Waals surface area contributed by atoms with E-state index in [9.17, 15) is 9.18 Å². The highest BCUT2D eigenvalue weighted by Gasteiger charge is 2.06. The maximum atomic E-state index is 13.6. The highest BCUT2D eigenvalue weighted by atomic mass is 19.1. The van der Waals surface area contributed by atoms with Crippen molar-refractivity contribution < 1.29 is 13.9 Å². The number of carbonyl (C=O) groups is 1. The molecule has 2 rings (SSSR count). The quantitative estimate of drug-likeness (QED) is 0.783. The van der Waals surface area contributed by atoms with Gasteiger partial charge in [-0.3, -0.25) is 4.79 Å². The first-order chi connectivity index (χ1) is 10.1. The van der Waals surface area contributed by atoms with Gasteiger partial charge in [-0.1, -0.05) is 6.92 Å². The van der Waals surface area contributed by atoms with E-state index >= 15 is 0 Å². The minimum Gasteiger partial charge on any atom is -0.489 e. The van der Waals surface area contributed by atoms with Crippen molar-refractivity contribution >= 4 is 5.78 Å². The third-order valence-corrected chi connectivity index (χ3v) is 3.07. The molecule has 2 aromatic rings. The molecule has 0 aromatic heterocycles. The smallest absolute Gasteiger partial charge is 0.162 e. The number of hydrogen-bond acceptors (Lipinski definition) is 3. The van der Waals surface area contributed by atoms with Crippen LogP contribution in [0, 0.1) is 17.1 Å². The highest BCUT2D eigenvalue weighted by molar-refractivity contribution is 5.95. The second-order valence-electron chi connectivity index (χ2n) is 4.51. The molecule has 0 atom stereocenters. The molecule has 21 heavy (non-hydrogen) atoms. The molecule has 0 N–H and O–H groups in total. The highest BCUT2D eigenvalue weighted by Crippen LogP contribution is 2.17. The number of nitrogens with zero attached hydrogens (tertiary/aromatic N) is 1. The first-order valence-corrected chi connectivity index (χ1v) is 6.58. The lowest BCUT2D eigenvalue weighted by Crippen LogP contribution is -2.00. The Balaban J connectivity index is 2.06. The Morgan fingerprint density at radius 1 is 1.24 bits per heavy atom. The van der Waals surface area contributed by atoms with Crippen molar-refractivity contribution in [3.8, 4) is 11.8 Å². The molecule has 0 aliphatic rings. The van der Waals surface area contributed by atoms with E-state index in [-0.39, 0.29) is 12.4 Å². The summed E-state index contributed by atoms with van der Waals surface area (Å²) in [6, 6.07) is 12.8. The number of nitriles is 1. The average Bonchev–Trinajstić information content (AvgIpc) is 2.54. The number of rotatable bonds is 5. The fraction of sp³-hybridized carbons (Fsp3) is 0.176. The van der Waals surface area contributed by atoms with Gasteiger partial charge in [-0.15, -0.1) is 0 Å². The molecule has 0 bridgehead atoms. The largest absolute Gasteiger partial charge is 0.489 e. The summed E-state index contributed by atoms with van der Waals surface area (Å²) < 4.78 is 19.1. The van der Waals surface area contributed by atoms with Gasteiger partial charge in [-0.05, 0) is 42.5 Å². The molecular weight excluding hydrogens is 269 g/mol. The zero-order valence-electron chi connectivity index (χ0n) is 11.6. The van der Waals surface area contributed by atoms with E-state index in [1.165, 1.54) is 18.2 Å². The third-order valence-electron chi connectivity index (χ3n) is 3.07. The minimum atomic E-state index is -0.410. The summed E-state index contributed by atoms with van der Waals surface area (Å²) >= 11 is 0. The van der Waals surface area contributed by atoms with Gasteiger partial charge >= 0.3 is 0 Å². The van der Waals surface area contributed by atoms with Gasteiger partial charge in [0, 0.05) is 17.5 Å². The van der Waals surface area contributed by atoms with Crippen molar-refractivity contribution in [2.75, 3.05) is 0 Å². The zero-order valence-corrected chi connectivity index (χ0v) is 11.6. The predicted molar refractivity (Wildman–Crippen MR) is 76.5 cm³/mol. The molecule has 4 heteroatoms. The Morgan fingerprint density at radius 2 is 1.95 bits per heavy atom. The van der Waals surface area contributed by atoms with Gasteiger partial charge in [-0.25, -0.2) is 4.39 Å². The Hall–Kier alpha value is -2.67. The average molecular weight is 283 g/mol. The Labute approximate surface area is 122 Å². The fourth-order valence-electron chi connectivity index (χ4n) is 1.86. The Kier molecular flexibility index (Phi) is 4.68. The van der Waals surface area contributed by atoms with Crippen molar-refractivity contribution in [1.29, 1.82) is 5.26 Å². The molecule has 0 saturated heterocycles. The number of ether oxygens (including phenoxy) is 1. The molecule has 0 radical (unpaired) electrons. The normalized spacial score (nSPS) is 9.95. The van der Waals surface area contributed by atoms with Gasteiger partial charge in [-0.2, -0.15) is 5.26 Å². The van der Waals surface area contributed by atoms with Crippen molar-refractivity contribution in [3.63, 3.8) is 0 Å². The Morgan fingerprint density at radius 3 is 2.57 bits per heavy atom. The molecule has 0 unspecified atom stereocenters. The summed E-state index contributed by atoms with van der Waals surface area (Å²) in [4.78, 5) is 11.5. The number of hydrogen-bond donors (Lipinski definition) is 0. The maximum Gasteiger partial charge on any atom is 0.162 e. The van der Waals surface area contributed by atoms with Crippen LogP contribution >= 0.6 is 0 Å². The van der Waals surface area contributed by atoms with Crippen LogP contribution in [0.1, 0.15) is 34.8 Å². The number of carbonyl (C=O) groups excluding carboxylic acids is 1. The summed E-state index contributed by atoms with van der Waals surface area (Å²) in [5.41, 5.74) is 1.34. The lowest BCUT2D eigenvalue weighted by atomic mass is 10.1. The maximum absolute atomic E-state index is 13.6. The van der Waals surface area contributed by atoms with Crippen LogP contribution in [0.4, 0.5) is 4.39 Å². The standard InChI is InChI=1S/C17H14FNO2/c1-2-17(20)13-4-6-15(7-5-13)21-11-14-9-12(10-19)3-8-16(14)18/h3-9H,2,11H2,1H3. The van der Waals surface area contributed by atoms with Crippen molar-refractivity contribution in [3.05, 3.63) is 65.0 Å². The first kappa shape index (κ1) is 14.7. The van der Waals surface area contributed by atoms with Crippen LogP contribution in [-0.2, 0) is 6.61 Å². The molecule has 0 saturated carbocycles. The lowest BCUT2D eigenvalue weighted by molar-refractivity contribution is 0.0988. The molecule has 0 heterocycles. The van der Waals surface area contributed by atoms with Crippen molar-refractivity contribution in [2.24, 2.45) is 0 Å². The summed E-state index contributed by atoms with van der Waals surface area (Å²) in [5, 5.41) is 8.80. The SMILES string of the molecule is CCC(=O)c1ccc(OCc2cc(C#N)ccc2F)cc1. The molecule has 0 spiro atoms. The van der Waals surface area contributed by atoms with Gasteiger partial charge in [0.05, 0.1) is 11.6 Å². The summed E-state index contributed by atoms with van der Waals surface area (Å²) in [6.45, 7) is 1.83. The van der Waals surface area contributed by atoms with Crippen molar-refractivity contribution in [1.82, 2.24) is 0 Å². The van der Waals surface area contributed by atoms with Crippen LogP contribution < -0.4 is 4.74 Å². The molecule has 0 aliphatic heterocycles. The van der Waals surface area contributed by atoms with E-state index in [4.69, 9.17) is 10.00 Å². The topological polar surface area (TPSA) is 50.1 Å². The summed E-state index contributed by atoms with van der Waals surface area (Å²) in [5.74, 6) is 0.200. The van der Waals surface area contributed by atoms with E-state index in [1.54, 1.807) is 31.2 Å². The molecular formula is C17H14FNO2. The van der Waals surface area contributed by atoms with Gasteiger partial charge < -0.3 is 4.74 Å². The van der Waals surface area contributed by atoms with E-state index in [0.29, 0.717) is 28.9 Å². The molecule has 106 valence electrons. The molecule has 0 amide bonds. The number of benzene rings is 2. The minimum absolute atomic E-state index is 0.0302. The van der Waals surface area contributed by atoms with Crippen LogP contribution in [0.2, 0.25) is 0 Å². The second kappa shape index (κ2) is 6.67. The zero-order chi connectivity index (χ0) is 15.2. The van der Waals surface area contributed by atoms with Gasteiger partial charge in [0.2, 0.25) is 0 Å². The number of Topliss-reactive ketones (excluding diaryl/α,β-unsaturated/α-hetero) is 1. The number of ketones is 1. The molecule has 2 aromatic carbocycles. The van der Waals surface area contributed by atoms with Crippen LogP contribution in [0.25, 0.3) is 0 Å². The predicted octanol–water partition coefficient (Wildman–Crippen LogP) is 3.87. The molecule has 3 nitrogen and oxygen atoms in total. The van der Waals surface area contributed by atoms with Crippen molar-refractivity contribution in [2.45, 2.75) is 20.0 Å². The second-order valence-corrected chi connectivity index (χ2v) is 4.51. The van der Waals surface area contributed by atoms with E-state index in [1.807, 2.05) is 6.07 Å². The van der Waals surface area contributed by atoms with Crippen LogP contribution in [0.15, 0.2) is 42.5 Å². The number of halogens is 1. The summed E-state index contributed by atoms with van der Waals surface area (Å²) in [6.07, 6.45) is 0.451. The summed E-state index contributed by atoms with van der Waals surface area (Å²) in [7, 11) is 0. The lowest BCUT2D eigenvalue weighted by Gasteiger charge is -2.08. The molecule has 0 aliphatic carbocycles. The monoisotopic (exact) mass is 283 g/mol. The Bertz CT molecular complexity index is 687. The van der Waals surface area contributed by atoms with E-state index in [2.05, 4.69) is 0 Å². The molecule has 0 fully saturated rings. The first-order valence-electron chi connectivity index (χ1n) is 6.58.